The summed E-state index contributed by atoms with van der Waals surface area (Å²) in [7, 11) is 0. The van der Waals surface area contributed by atoms with Gasteiger partial charge in [-0.2, -0.15) is 0 Å². The second-order valence-electron chi connectivity index (χ2n) is 1.52. The molecule has 0 aromatic heterocycles. The first-order valence-electron chi connectivity index (χ1n) is 3.27. The van der Waals surface area contributed by atoms with E-state index < -0.39 is 0 Å². The highest BCUT2D eigenvalue weighted by Gasteiger charge is 1.84. The Morgan fingerprint density at radius 1 is 0.818 bits per heavy atom. The molecule has 0 spiro atoms. The van der Waals surface area contributed by atoms with Gasteiger partial charge in [0.2, 0.25) is 0 Å². The molecule has 2 heteroatoms. The molecule has 0 unspecified atom stereocenters. The van der Waals surface area contributed by atoms with E-state index >= 15 is 0 Å². The molecule has 0 fully saturated rings. The first-order chi connectivity index (χ1) is 4.79. The third-order valence-corrected chi connectivity index (χ3v) is 0.850. The van der Waals surface area contributed by atoms with Crippen molar-refractivity contribution in [2.45, 2.75) is 21.3 Å². The SMILES string of the molecule is C.CC.Oc1ccc(O)cc1. The molecule has 0 radical (unpaired) electrons. The molecule has 64 valence electrons. The fourth-order valence-corrected chi connectivity index (χ4v) is 0.453. The molecule has 0 aliphatic carbocycles. The van der Waals surface area contributed by atoms with Gasteiger partial charge in [0, 0.05) is 0 Å². The lowest BCUT2D eigenvalue weighted by molar-refractivity contribution is 0.460. The first-order valence-corrected chi connectivity index (χ1v) is 3.27. The molecule has 2 nitrogen and oxygen atoms in total. The number of hydrogen-bond acceptors (Lipinski definition) is 2. The molecule has 1 aromatic rings. The molecule has 0 amide bonds. The van der Waals surface area contributed by atoms with E-state index in [-0.39, 0.29) is 18.9 Å². The molecule has 0 saturated carbocycles. The van der Waals surface area contributed by atoms with E-state index in [9.17, 15) is 0 Å². The maximum absolute atomic E-state index is 8.65. The zero-order valence-corrected chi connectivity index (χ0v) is 6.20. The Labute approximate surface area is 68.1 Å². The molecule has 0 aliphatic heterocycles. The summed E-state index contributed by atoms with van der Waals surface area (Å²) in [6.45, 7) is 4.00. The van der Waals surface area contributed by atoms with Crippen LogP contribution < -0.4 is 0 Å². The molecule has 11 heavy (non-hydrogen) atoms. The minimum Gasteiger partial charge on any atom is -0.508 e. The molecule has 0 aliphatic rings. The van der Waals surface area contributed by atoms with E-state index in [0.29, 0.717) is 0 Å². The van der Waals surface area contributed by atoms with Crippen molar-refractivity contribution in [3.8, 4) is 11.5 Å². The molecule has 0 heterocycles. The van der Waals surface area contributed by atoms with Gasteiger partial charge in [0.25, 0.3) is 0 Å². The van der Waals surface area contributed by atoms with E-state index in [1.54, 1.807) is 0 Å². The van der Waals surface area contributed by atoms with Crippen LogP contribution in [0.4, 0.5) is 0 Å². The lowest BCUT2D eigenvalue weighted by Crippen LogP contribution is -1.61. The van der Waals surface area contributed by atoms with Gasteiger partial charge in [0.05, 0.1) is 0 Å². The zero-order chi connectivity index (χ0) is 7.98. The molecule has 0 bridgehead atoms. The van der Waals surface area contributed by atoms with Crippen LogP contribution in [0.3, 0.4) is 0 Å². The van der Waals surface area contributed by atoms with Crippen molar-refractivity contribution in [3.63, 3.8) is 0 Å². The van der Waals surface area contributed by atoms with Gasteiger partial charge in [-0.05, 0) is 24.3 Å². The average molecular weight is 156 g/mol. The monoisotopic (exact) mass is 156 g/mol. The highest BCUT2D eigenvalue weighted by atomic mass is 16.3. The van der Waals surface area contributed by atoms with Crippen molar-refractivity contribution in [1.82, 2.24) is 0 Å². The number of rotatable bonds is 0. The highest BCUT2D eigenvalue weighted by Crippen LogP contribution is 2.13. The summed E-state index contributed by atoms with van der Waals surface area (Å²) in [4.78, 5) is 0. The smallest absolute Gasteiger partial charge is 0.115 e. The summed E-state index contributed by atoms with van der Waals surface area (Å²) in [6.07, 6.45) is 0. The summed E-state index contributed by atoms with van der Waals surface area (Å²) < 4.78 is 0. The van der Waals surface area contributed by atoms with Gasteiger partial charge >= 0.3 is 0 Å². The molecule has 1 aromatic carbocycles. The summed E-state index contributed by atoms with van der Waals surface area (Å²) in [5.41, 5.74) is 0. The molecule has 0 saturated heterocycles. The minimum atomic E-state index is 0. The van der Waals surface area contributed by atoms with Crippen LogP contribution in [0.15, 0.2) is 24.3 Å². The minimum absolute atomic E-state index is 0. The summed E-state index contributed by atoms with van der Waals surface area (Å²) in [6, 6.07) is 5.70. The van der Waals surface area contributed by atoms with Crippen LogP contribution in [-0.4, -0.2) is 10.2 Å². The highest BCUT2D eigenvalue weighted by molar-refractivity contribution is 5.28. The van der Waals surface area contributed by atoms with Crippen molar-refractivity contribution in [2.24, 2.45) is 0 Å². The Balaban J connectivity index is 0. The van der Waals surface area contributed by atoms with E-state index in [0.717, 1.165) is 0 Å². The Hall–Kier alpha value is -1.18. The molecular weight excluding hydrogens is 140 g/mol. The Morgan fingerprint density at radius 2 is 1.00 bits per heavy atom. The third-order valence-electron chi connectivity index (χ3n) is 0.850. The van der Waals surface area contributed by atoms with Crippen molar-refractivity contribution < 1.29 is 10.2 Å². The predicted molar refractivity (Wildman–Crippen MR) is 47.9 cm³/mol. The van der Waals surface area contributed by atoms with Crippen LogP contribution in [0, 0.1) is 0 Å². The summed E-state index contributed by atoms with van der Waals surface area (Å²) in [5, 5.41) is 17.3. The fraction of sp³-hybridized carbons (Fsp3) is 0.333. The van der Waals surface area contributed by atoms with E-state index in [4.69, 9.17) is 10.2 Å². The fourth-order valence-electron chi connectivity index (χ4n) is 0.453. The van der Waals surface area contributed by atoms with Gasteiger partial charge in [-0.1, -0.05) is 21.3 Å². The molecular formula is C9H16O2. The number of aromatic hydroxyl groups is 2. The number of phenols is 2. The summed E-state index contributed by atoms with van der Waals surface area (Å²) in [5.74, 6) is 0.339. The van der Waals surface area contributed by atoms with E-state index in [1.807, 2.05) is 13.8 Å². The van der Waals surface area contributed by atoms with Crippen molar-refractivity contribution in [1.29, 1.82) is 0 Å². The van der Waals surface area contributed by atoms with Gasteiger partial charge in [-0.15, -0.1) is 0 Å². The Morgan fingerprint density at radius 3 is 1.18 bits per heavy atom. The molecule has 1 rings (SSSR count). The zero-order valence-electron chi connectivity index (χ0n) is 6.20. The molecule has 0 atom stereocenters. The van der Waals surface area contributed by atoms with Crippen LogP contribution in [0.2, 0.25) is 0 Å². The Kier molecular flexibility index (Phi) is 7.87. The third kappa shape index (κ3) is 5.27. The average Bonchev–Trinajstić information content (AvgIpc) is 2.00. The predicted octanol–water partition coefficient (Wildman–Crippen LogP) is 2.76. The van der Waals surface area contributed by atoms with Gasteiger partial charge < -0.3 is 10.2 Å². The van der Waals surface area contributed by atoms with Crippen LogP contribution in [0.25, 0.3) is 0 Å². The van der Waals surface area contributed by atoms with E-state index in [1.165, 1.54) is 24.3 Å². The maximum Gasteiger partial charge on any atom is 0.115 e. The number of hydrogen-bond donors (Lipinski definition) is 2. The van der Waals surface area contributed by atoms with Crippen molar-refractivity contribution in [3.05, 3.63) is 24.3 Å². The second kappa shape index (κ2) is 6.93. The van der Waals surface area contributed by atoms with Crippen LogP contribution in [-0.2, 0) is 0 Å². The standard InChI is InChI=1S/C6H6O2.C2H6.CH4/c7-5-1-2-6(8)4-3-5;1-2;/h1-4,7-8H;1-2H3;1H4. The van der Waals surface area contributed by atoms with Gasteiger partial charge in [0.15, 0.2) is 0 Å². The van der Waals surface area contributed by atoms with Crippen molar-refractivity contribution in [2.75, 3.05) is 0 Å². The Bertz CT molecular complexity index is 146. The van der Waals surface area contributed by atoms with Crippen molar-refractivity contribution >= 4 is 0 Å². The summed E-state index contributed by atoms with van der Waals surface area (Å²) >= 11 is 0. The van der Waals surface area contributed by atoms with Crippen LogP contribution >= 0.6 is 0 Å². The topological polar surface area (TPSA) is 40.5 Å². The lowest BCUT2D eigenvalue weighted by Gasteiger charge is -1.88. The number of benzene rings is 1. The second-order valence-corrected chi connectivity index (χ2v) is 1.52. The lowest BCUT2D eigenvalue weighted by atomic mass is 10.3. The normalized spacial score (nSPS) is 7.09. The number of phenolic OH excluding ortho intramolecular Hbond substituents is 2. The molecule has 2 N–H and O–H groups in total. The van der Waals surface area contributed by atoms with Gasteiger partial charge in [0.1, 0.15) is 11.5 Å². The maximum atomic E-state index is 8.65. The largest absolute Gasteiger partial charge is 0.508 e. The first kappa shape index (κ1) is 12.5. The van der Waals surface area contributed by atoms with E-state index in [2.05, 4.69) is 0 Å². The van der Waals surface area contributed by atoms with Crippen LogP contribution in [0.1, 0.15) is 21.3 Å². The van der Waals surface area contributed by atoms with Crippen LogP contribution in [0.5, 0.6) is 11.5 Å². The van der Waals surface area contributed by atoms with Gasteiger partial charge in [-0.25, -0.2) is 0 Å². The quantitative estimate of drug-likeness (QED) is 0.567. The van der Waals surface area contributed by atoms with Gasteiger partial charge in [-0.3, -0.25) is 0 Å².